The lowest BCUT2D eigenvalue weighted by atomic mass is 9.50. The van der Waals surface area contributed by atoms with E-state index in [1.54, 1.807) is 12.1 Å². The molecule has 0 amide bonds. The first-order valence-electron chi connectivity index (χ1n) is 12.0. The average Bonchev–Trinajstić information content (AvgIpc) is 2.79. The summed E-state index contributed by atoms with van der Waals surface area (Å²) in [5.41, 5.74) is 12.5. The molecule has 0 unspecified atom stereocenters. The third kappa shape index (κ3) is 3.85. The Bertz CT molecular complexity index is 1220. The van der Waals surface area contributed by atoms with E-state index >= 15 is 0 Å². The molecule has 34 heavy (non-hydrogen) atoms. The van der Waals surface area contributed by atoms with E-state index in [0.29, 0.717) is 40.8 Å². The smallest absolute Gasteiger partial charge is 0.149 e. The third-order valence-electron chi connectivity index (χ3n) is 7.98. The number of halogens is 2. The predicted octanol–water partition coefficient (Wildman–Crippen LogP) is 7.25. The highest BCUT2D eigenvalue weighted by Crippen LogP contribution is 2.61. The van der Waals surface area contributed by atoms with E-state index in [9.17, 15) is 8.78 Å². The van der Waals surface area contributed by atoms with Gasteiger partial charge in [-0.15, -0.1) is 0 Å². The van der Waals surface area contributed by atoms with E-state index in [4.69, 9.17) is 20.9 Å². The van der Waals surface area contributed by atoms with Crippen LogP contribution in [0.2, 0.25) is 0 Å². The van der Waals surface area contributed by atoms with Gasteiger partial charge in [-0.25, -0.2) is 8.78 Å². The van der Waals surface area contributed by atoms with Crippen molar-refractivity contribution in [3.8, 4) is 23.0 Å². The summed E-state index contributed by atoms with van der Waals surface area (Å²) >= 11 is 0. The van der Waals surface area contributed by atoms with Gasteiger partial charge in [-0.3, -0.25) is 0 Å². The fourth-order valence-corrected chi connectivity index (χ4v) is 6.78. The Labute approximate surface area is 197 Å². The molecule has 6 heteroatoms. The molecule has 3 aromatic rings. The molecule has 0 aromatic heterocycles. The monoisotopic (exact) mass is 462 g/mol. The zero-order chi connectivity index (χ0) is 23.4. The summed E-state index contributed by atoms with van der Waals surface area (Å²) in [7, 11) is 0. The number of rotatable bonds is 5. The van der Waals surface area contributed by atoms with Crippen molar-refractivity contribution in [2.75, 3.05) is 11.5 Å². The van der Waals surface area contributed by atoms with Crippen molar-refractivity contribution < 1.29 is 18.3 Å². The maximum absolute atomic E-state index is 14.1. The van der Waals surface area contributed by atoms with Crippen molar-refractivity contribution in [1.82, 2.24) is 0 Å². The first-order chi connectivity index (χ1) is 16.4. The van der Waals surface area contributed by atoms with Crippen molar-refractivity contribution in [2.45, 2.75) is 38.0 Å². The van der Waals surface area contributed by atoms with Crippen molar-refractivity contribution in [3.05, 3.63) is 71.8 Å². The number of anilines is 2. The second kappa shape index (κ2) is 8.19. The lowest BCUT2D eigenvalue weighted by Crippen LogP contribution is -2.43. The second-order valence-electron chi connectivity index (χ2n) is 10.2. The van der Waals surface area contributed by atoms with E-state index in [0.717, 1.165) is 17.4 Å². The maximum atomic E-state index is 14.1. The predicted molar refractivity (Wildman–Crippen MR) is 128 cm³/mol. The molecule has 4 saturated carbocycles. The van der Waals surface area contributed by atoms with Crippen LogP contribution in [0.4, 0.5) is 20.2 Å². The van der Waals surface area contributed by atoms with Gasteiger partial charge in [0.25, 0.3) is 0 Å². The highest BCUT2D eigenvalue weighted by atomic mass is 19.1. The number of hydrogen-bond acceptors (Lipinski definition) is 4. The van der Waals surface area contributed by atoms with Crippen LogP contribution < -0.4 is 20.9 Å². The molecule has 176 valence electrons. The SMILES string of the molecule is Nc1ccc(Oc2ccc(C3C4CC5CC(C4)CC3C5)c(Oc3ccc(N)c(F)c3)c2)cc1F. The van der Waals surface area contributed by atoms with Crippen molar-refractivity contribution >= 4 is 11.4 Å². The number of hydrogen-bond donors (Lipinski definition) is 2. The zero-order valence-corrected chi connectivity index (χ0v) is 18.8. The summed E-state index contributed by atoms with van der Waals surface area (Å²) in [6, 6.07) is 14.6. The molecule has 0 aliphatic heterocycles. The molecule has 4 fully saturated rings. The second-order valence-corrected chi connectivity index (χ2v) is 10.2. The Morgan fingerprint density at radius 1 is 0.618 bits per heavy atom. The fraction of sp³-hybridized carbons (Fsp3) is 0.357. The Balaban J connectivity index is 1.36. The summed E-state index contributed by atoms with van der Waals surface area (Å²) in [6.07, 6.45) is 6.49. The first-order valence-corrected chi connectivity index (χ1v) is 12.0. The van der Waals surface area contributed by atoms with Crippen LogP contribution >= 0.6 is 0 Å². The molecule has 4 aliphatic rings. The van der Waals surface area contributed by atoms with E-state index in [1.165, 1.54) is 56.4 Å². The Hall–Kier alpha value is -3.28. The molecule has 0 heterocycles. The Morgan fingerprint density at radius 2 is 1.12 bits per heavy atom. The van der Waals surface area contributed by atoms with Gasteiger partial charge in [0.05, 0.1) is 11.4 Å². The standard InChI is InChI=1S/C28H28F2N2O2/c29-23-12-19(2-5-25(23)31)33-21-1-4-22(27(14-21)34-20-3-6-26(32)24(30)13-20)28-17-8-15-7-16(10-17)11-18(28)9-15/h1-6,12-18,28H,7-11,31-32H2. The first kappa shape index (κ1) is 21.3. The van der Waals surface area contributed by atoms with Crippen molar-refractivity contribution in [2.24, 2.45) is 23.7 Å². The van der Waals surface area contributed by atoms with Crippen LogP contribution in [0.3, 0.4) is 0 Å². The van der Waals surface area contributed by atoms with E-state index in [1.807, 2.05) is 12.1 Å². The minimum absolute atomic E-state index is 0.0685. The largest absolute Gasteiger partial charge is 0.457 e. The van der Waals surface area contributed by atoms with Crippen LogP contribution in [0.25, 0.3) is 0 Å². The van der Waals surface area contributed by atoms with Gasteiger partial charge >= 0.3 is 0 Å². The fourth-order valence-electron chi connectivity index (χ4n) is 6.78. The summed E-state index contributed by atoms with van der Waals surface area (Å²) in [6.45, 7) is 0. The summed E-state index contributed by atoms with van der Waals surface area (Å²) in [5, 5.41) is 0. The van der Waals surface area contributed by atoms with Gasteiger partial charge in [-0.2, -0.15) is 0 Å². The molecule has 4 N–H and O–H groups in total. The van der Waals surface area contributed by atoms with E-state index in [2.05, 4.69) is 6.07 Å². The summed E-state index contributed by atoms with van der Waals surface area (Å²) < 4.78 is 40.2. The zero-order valence-electron chi connectivity index (χ0n) is 18.8. The quantitative estimate of drug-likeness (QED) is 0.392. The molecule has 4 bridgehead atoms. The molecule has 4 aliphatic carbocycles. The van der Waals surface area contributed by atoms with Crippen LogP contribution in [0.5, 0.6) is 23.0 Å². The van der Waals surface area contributed by atoms with Crippen molar-refractivity contribution in [3.63, 3.8) is 0 Å². The lowest BCUT2D eigenvalue weighted by molar-refractivity contribution is -0.00337. The molecule has 0 radical (unpaired) electrons. The van der Waals surface area contributed by atoms with Gasteiger partial charge in [0, 0.05) is 18.2 Å². The highest BCUT2D eigenvalue weighted by Gasteiger charge is 2.49. The lowest BCUT2D eigenvalue weighted by Gasteiger charge is -2.54. The Kier molecular flexibility index (Phi) is 5.12. The van der Waals surface area contributed by atoms with E-state index < -0.39 is 11.6 Å². The highest BCUT2D eigenvalue weighted by molar-refractivity contribution is 5.50. The minimum Gasteiger partial charge on any atom is -0.457 e. The normalized spacial score (nSPS) is 27.1. The van der Waals surface area contributed by atoms with Crippen LogP contribution in [-0.4, -0.2) is 0 Å². The van der Waals surface area contributed by atoms with Gasteiger partial charge in [0.15, 0.2) is 0 Å². The van der Waals surface area contributed by atoms with Gasteiger partial charge in [0.1, 0.15) is 34.6 Å². The number of benzene rings is 3. The van der Waals surface area contributed by atoms with Crippen LogP contribution in [0.15, 0.2) is 54.6 Å². The topological polar surface area (TPSA) is 70.5 Å². The summed E-state index contributed by atoms with van der Waals surface area (Å²) in [5.74, 6) is 4.29. The van der Waals surface area contributed by atoms with Crippen LogP contribution in [0, 0.1) is 35.3 Å². The number of nitrogen functional groups attached to an aromatic ring is 2. The van der Waals surface area contributed by atoms with Crippen LogP contribution in [-0.2, 0) is 0 Å². The average molecular weight is 463 g/mol. The summed E-state index contributed by atoms with van der Waals surface area (Å²) in [4.78, 5) is 0. The molecule has 4 nitrogen and oxygen atoms in total. The molecule has 7 rings (SSSR count). The number of ether oxygens (including phenoxy) is 2. The Morgan fingerprint density at radius 3 is 1.68 bits per heavy atom. The molecule has 3 aromatic carbocycles. The molecular weight excluding hydrogens is 434 g/mol. The van der Waals surface area contributed by atoms with Gasteiger partial charge in [0.2, 0.25) is 0 Å². The van der Waals surface area contributed by atoms with Gasteiger partial charge in [-0.05, 0) is 97.6 Å². The maximum Gasteiger partial charge on any atom is 0.149 e. The van der Waals surface area contributed by atoms with E-state index in [-0.39, 0.29) is 11.4 Å². The van der Waals surface area contributed by atoms with Gasteiger partial charge in [-0.1, -0.05) is 6.07 Å². The van der Waals surface area contributed by atoms with Crippen molar-refractivity contribution in [1.29, 1.82) is 0 Å². The molecule has 0 atom stereocenters. The third-order valence-corrected chi connectivity index (χ3v) is 7.98. The molecule has 0 saturated heterocycles. The molecule has 0 spiro atoms. The number of nitrogens with two attached hydrogens (primary N) is 2. The van der Waals surface area contributed by atoms with Crippen LogP contribution in [0.1, 0.15) is 43.6 Å². The minimum atomic E-state index is -0.531. The van der Waals surface area contributed by atoms with Gasteiger partial charge < -0.3 is 20.9 Å². The molecular formula is C28H28F2N2O2.